The number of methoxy groups -OCH3 is 1. The average Bonchev–Trinajstić information content (AvgIpc) is 2.94. The second-order valence-corrected chi connectivity index (χ2v) is 5.97. The maximum Gasteiger partial charge on any atom is 0.167 e. The highest BCUT2D eigenvalue weighted by Crippen LogP contribution is 2.27. The van der Waals surface area contributed by atoms with Crippen LogP contribution < -0.4 is 10.1 Å². The van der Waals surface area contributed by atoms with Crippen molar-refractivity contribution in [1.29, 1.82) is 0 Å². The average molecular weight is 346 g/mol. The van der Waals surface area contributed by atoms with E-state index in [-0.39, 0.29) is 5.78 Å². The molecule has 0 unspecified atom stereocenters. The van der Waals surface area contributed by atoms with Gasteiger partial charge in [0, 0.05) is 24.2 Å². The number of benzene rings is 2. The number of hydrogen-bond donors (Lipinski definition) is 1. The molecule has 1 aliphatic heterocycles. The summed E-state index contributed by atoms with van der Waals surface area (Å²) in [6.45, 7) is 0.957. The number of rotatable bonds is 4. The third-order valence-corrected chi connectivity index (χ3v) is 4.34. The number of halogens is 1. The van der Waals surface area contributed by atoms with Gasteiger partial charge >= 0.3 is 0 Å². The molecule has 0 amide bonds. The van der Waals surface area contributed by atoms with Crippen LogP contribution in [0.4, 0.5) is 5.69 Å². The molecule has 1 aliphatic rings. The lowest BCUT2D eigenvalue weighted by Gasteiger charge is -2.07. The predicted molar refractivity (Wildman–Crippen MR) is 87.4 cm³/mol. The van der Waals surface area contributed by atoms with Gasteiger partial charge in [0.1, 0.15) is 5.75 Å². The van der Waals surface area contributed by atoms with Gasteiger partial charge in [-0.25, -0.2) is 0 Å². The molecule has 2 aromatic rings. The molecule has 108 valence electrons. The van der Waals surface area contributed by atoms with Crippen molar-refractivity contribution in [2.24, 2.45) is 0 Å². The Balaban J connectivity index is 1.78. The molecule has 0 bridgehead atoms. The first-order chi connectivity index (χ1) is 10.2. The molecule has 4 heteroatoms. The summed E-state index contributed by atoms with van der Waals surface area (Å²) >= 11 is 3.45. The minimum absolute atomic E-state index is 0.128. The van der Waals surface area contributed by atoms with Crippen LogP contribution in [0.15, 0.2) is 40.9 Å². The quantitative estimate of drug-likeness (QED) is 0.855. The molecular weight excluding hydrogens is 330 g/mol. The van der Waals surface area contributed by atoms with Crippen LogP contribution >= 0.6 is 15.9 Å². The van der Waals surface area contributed by atoms with Crippen LogP contribution in [-0.2, 0) is 12.8 Å². The summed E-state index contributed by atoms with van der Waals surface area (Å²) in [6, 6.07) is 11.7. The van der Waals surface area contributed by atoms with Crippen LogP contribution in [-0.4, -0.2) is 19.4 Å². The zero-order valence-electron chi connectivity index (χ0n) is 11.8. The summed E-state index contributed by atoms with van der Waals surface area (Å²) < 4.78 is 6.07. The molecule has 0 saturated carbocycles. The number of carbonyl (C=O) groups is 1. The smallest absolute Gasteiger partial charge is 0.167 e. The fraction of sp³-hybridized carbons (Fsp3) is 0.235. The number of nitrogens with one attached hydrogen (secondary N) is 1. The van der Waals surface area contributed by atoms with Crippen molar-refractivity contribution in [3.63, 3.8) is 0 Å². The Hall–Kier alpha value is -1.81. The van der Waals surface area contributed by atoms with Gasteiger partial charge in [0.2, 0.25) is 0 Å². The van der Waals surface area contributed by atoms with E-state index in [2.05, 4.69) is 21.2 Å². The molecule has 0 aromatic heterocycles. The number of anilines is 1. The van der Waals surface area contributed by atoms with E-state index in [4.69, 9.17) is 4.74 Å². The summed E-state index contributed by atoms with van der Waals surface area (Å²) in [6.07, 6.45) is 1.43. The Kier molecular flexibility index (Phi) is 3.97. The van der Waals surface area contributed by atoms with Crippen LogP contribution in [0.5, 0.6) is 5.75 Å². The Morgan fingerprint density at radius 3 is 2.90 bits per heavy atom. The second-order valence-electron chi connectivity index (χ2n) is 5.12. The minimum Gasteiger partial charge on any atom is -0.496 e. The van der Waals surface area contributed by atoms with Gasteiger partial charge < -0.3 is 10.1 Å². The molecule has 0 spiro atoms. The predicted octanol–water partition coefficient (Wildman–Crippen LogP) is 3.85. The summed E-state index contributed by atoms with van der Waals surface area (Å²) in [4.78, 5) is 12.4. The SMILES string of the molecule is COc1ccc(CC(=O)c2ccc3c(c2)NCC3)cc1Br. The van der Waals surface area contributed by atoms with E-state index >= 15 is 0 Å². The highest BCUT2D eigenvalue weighted by molar-refractivity contribution is 9.10. The number of Topliss-reactive ketones (excluding diaryl/α,β-unsaturated/α-hetero) is 1. The Morgan fingerprint density at radius 2 is 2.14 bits per heavy atom. The van der Waals surface area contributed by atoms with Crippen LogP contribution in [0.2, 0.25) is 0 Å². The molecule has 0 saturated heterocycles. The molecule has 0 fully saturated rings. The maximum absolute atomic E-state index is 12.4. The molecule has 2 aromatic carbocycles. The van der Waals surface area contributed by atoms with Crippen molar-refractivity contribution < 1.29 is 9.53 Å². The molecule has 0 radical (unpaired) electrons. The van der Waals surface area contributed by atoms with Crippen LogP contribution in [0.3, 0.4) is 0 Å². The number of fused-ring (bicyclic) bond motifs is 1. The third-order valence-electron chi connectivity index (χ3n) is 3.72. The summed E-state index contributed by atoms with van der Waals surface area (Å²) in [7, 11) is 1.63. The van der Waals surface area contributed by atoms with Gasteiger partial charge in [0.15, 0.2) is 5.78 Å². The highest BCUT2D eigenvalue weighted by Gasteiger charge is 2.14. The number of ketones is 1. The van der Waals surface area contributed by atoms with E-state index < -0.39 is 0 Å². The van der Waals surface area contributed by atoms with E-state index in [1.807, 2.05) is 36.4 Å². The maximum atomic E-state index is 12.4. The van der Waals surface area contributed by atoms with E-state index in [0.717, 1.165) is 40.0 Å². The van der Waals surface area contributed by atoms with Gasteiger partial charge in [-0.15, -0.1) is 0 Å². The summed E-state index contributed by atoms with van der Waals surface area (Å²) in [5.74, 6) is 0.900. The molecular formula is C17H16BrNO2. The largest absolute Gasteiger partial charge is 0.496 e. The van der Waals surface area contributed by atoms with E-state index in [1.54, 1.807) is 7.11 Å². The normalized spacial score (nSPS) is 12.7. The molecule has 1 N–H and O–H groups in total. The zero-order valence-corrected chi connectivity index (χ0v) is 13.4. The molecule has 1 heterocycles. The molecule has 3 rings (SSSR count). The summed E-state index contributed by atoms with van der Waals surface area (Å²) in [5, 5.41) is 3.31. The lowest BCUT2D eigenvalue weighted by atomic mass is 10.0. The zero-order chi connectivity index (χ0) is 14.8. The van der Waals surface area contributed by atoms with Gasteiger partial charge in [-0.2, -0.15) is 0 Å². The third kappa shape index (κ3) is 2.95. The molecule has 0 aliphatic carbocycles. The van der Waals surface area contributed by atoms with Crippen molar-refractivity contribution in [2.75, 3.05) is 19.0 Å². The van der Waals surface area contributed by atoms with E-state index in [1.165, 1.54) is 5.56 Å². The molecule has 3 nitrogen and oxygen atoms in total. The Morgan fingerprint density at radius 1 is 1.29 bits per heavy atom. The second kappa shape index (κ2) is 5.90. The van der Waals surface area contributed by atoms with Crippen molar-refractivity contribution in [2.45, 2.75) is 12.8 Å². The van der Waals surface area contributed by atoms with E-state index in [9.17, 15) is 4.79 Å². The number of carbonyl (C=O) groups excluding carboxylic acids is 1. The topological polar surface area (TPSA) is 38.3 Å². The standard InChI is InChI=1S/C17H16BrNO2/c1-21-17-5-2-11(8-14(17)18)9-16(20)13-4-3-12-6-7-19-15(12)10-13/h2-5,8,10,19H,6-7,9H2,1H3. The van der Waals surface area contributed by atoms with Crippen LogP contribution in [0.25, 0.3) is 0 Å². The lowest BCUT2D eigenvalue weighted by molar-refractivity contribution is 0.0993. The minimum atomic E-state index is 0.128. The van der Waals surface area contributed by atoms with Gasteiger partial charge in [0.05, 0.1) is 11.6 Å². The van der Waals surface area contributed by atoms with Crippen molar-refractivity contribution in [3.05, 3.63) is 57.6 Å². The van der Waals surface area contributed by atoms with E-state index in [0.29, 0.717) is 6.42 Å². The van der Waals surface area contributed by atoms with Gasteiger partial charge in [0.25, 0.3) is 0 Å². The van der Waals surface area contributed by atoms with Crippen molar-refractivity contribution in [3.8, 4) is 5.75 Å². The number of hydrogen-bond acceptors (Lipinski definition) is 3. The Bertz CT molecular complexity index is 697. The monoisotopic (exact) mass is 345 g/mol. The molecule has 0 atom stereocenters. The lowest BCUT2D eigenvalue weighted by Crippen LogP contribution is -2.04. The highest BCUT2D eigenvalue weighted by atomic mass is 79.9. The van der Waals surface area contributed by atoms with Crippen molar-refractivity contribution >= 4 is 27.4 Å². The summed E-state index contributed by atoms with van der Waals surface area (Å²) in [5.41, 5.74) is 4.12. The molecule has 21 heavy (non-hydrogen) atoms. The van der Waals surface area contributed by atoms with Gasteiger partial charge in [-0.1, -0.05) is 18.2 Å². The first kappa shape index (κ1) is 14.1. The Labute approximate surface area is 132 Å². The van der Waals surface area contributed by atoms with Crippen molar-refractivity contribution in [1.82, 2.24) is 0 Å². The first-order valence-corrected chi connectivity index (χ1v) is 7.69. The first-order valence-electron chi connectivity index (χ1n) is 6.90. The number of ether oxygens (including phenoxy) is 1. The fourth-order valence-electron chi connectivity index (χ4n) is 2.57. The van der Waals surface area contributed by atoms with Gasteiger partial charge in [-0.3, -0.25) is 4.79 Å². The fourth-order valence-corrected chi connectivity index (χ4v) is 3.16. The van der Waals surface area contributed by atoms with Crippen LogP contribution in [0, 0.1) is 0 Å². The van der Waals surface area contributed by atoms with Gasteiger partial charge in [-0.05, 0) is 51.7 Å². The van der Waals surface area contributed by atoms with Crippen LogP contribution in [0.1, 0.15) is 21.5 Å².